The van der Waals surface area contributed by atoms with E-state index in [1.54, 1.807) is 42.5 Å². The van der Waals surface area contributed by atoms with E-state index in [1.807, 2.05) is 24.3 Å². The lowest BCUT2D eigenvalue weighted by Gasteiger charge is -2.10. The summed E-state index contributed by atoms with van der Waals surface area (Å²) in [6, 6.07) is 14.2. The van der Waals surface area contributed by atoms with E-state index in [0.717, 1.165) is 16.6 Å². The molecule has 0 unspecified atom stereocenters. The Labute approximate surface area is 190 Å². The molecular weight excluding hydrogens is 418 g/mol. The van der Waals surface area contributed by atoms with Gasteiger partial charge in [0.05, 0.1) is 11.0 Å². The quantitative estimate of drug-likeness (QED) is 0.294. The van der Waals surface area contributed by atoms with Crippen LogP contribution in [0.4, 0.5) is 0 Å². The third-order valence-corrected chi connectivity index (χ3v) is 4.60. The highest BCUT2D eigenvalue weighted by atomic mass is 16.5. The number of ether oxygens (including phenoxy) is 2. The molecule has 0 aliphatic rings. The lowest BCUT2D eigenvalue weighted by Crippen LogP contribution is -2.05. The predicted molar refractivity (Wildman–Crippen MR) is 125 cm³/mol. The van der Waals surface area contributed by atoms with Crippen molar-refractivity contribution in [1.82, 2.24) is 19.9 Å². The highest BCUT2D eigenvalue weighted by Gasteiger charge is 2.15. The zero-order valence-corrected chi connectivity index (χ0v) is 17.6. The van der Waals surface area contributed by atoms with Crippen LogP contribution in [0.1, 0.15) is 16.2 Å². The molecule has 2 heterocycles. The first-order chi connectivity index (χ1) is 16.2. The Hall–Kier alpha value is -4.72. The van der Waals surface area contributed by atoms with Gasteiger partial charge in [-0.15, -0.1) is 0 Å². The van der Waals surface area contributed by atoms with E-state index < -0.39 is 0 Å². The summed E-state index contributed by atoms with van der Waals surface area (Å²) in [7, 11) is 0. The predicted octanol–water partition coefficient (Wildman–Crippen LogP) is 4.34. The number of rotatable bonds is 9. The summed E-state index contributed by atoms with van der Waals surface area (Å²) < 4.78 is 11.5. The topological polar surface area (TPSA) is 116 Å². The average Bonchev–Trinajstić information content (AvgIpc) is 3.29. The van der Waals surface area contributed by atoms with Crippen molar-refractivity contribution in [3.63, 3.8) is 0 Å². The Bertz CT molecular complexity index is 1310. The van der Waals surface area contributed by atoms with E-state index in [-0.39, 0.29) is 30.0 Å². The van der Waals surface area contributed by atoms with E-state index in [1.165, 1.54) is 18.6 Å². The number of carbonyl (C=O) groups excluding carboxylic acids is 1. The van der Waals surface area contributed by atoms with Crippen molar-refractivity contribution in [2.24, 2.45) is 5.73 Å². The van der Waals surface area contributed by atoms with Gasteiger partial charge >= 0.3 is 0 Å². The number of fused-ring (bicyclic) bond motifs is 1. The summed E-state index contributed by atoms with van der Waals surface area (Å²) >= 11 is 0. The summed E-state index contributed by atoms with van der Waals surface area (Å²) in [5, 5.41) is 0. The number of benzene rings is 2. The maximum atomic E-state index is 12.8. The van der Waals surface area contributed by atoms with Crippen molar-refractivity contribution in [1.29, 1.82) is 0 Å². The average molecular weight is 439 g/mol. The molecule has 2 aromatic heterocycles. The number of imidazole rings is 1. The summed E-state index contributed by atoms with van der Waals surface area (Å²) in [6.07, 6.45) is 9.62. The van der Waals surface area contributed by atoms with Crippen molar-refractivity contribution in [3.8, 4) is 17.5 Å². The van der Waals surface area contributed by atoms with Crippen LogP contribution in [0.5, 0.6) is 17.5 Å². The van der Waals surface area contributed by atoms with Crippen LogP contribution in [0.2, 0.25) is 0 Å². The molecular formula is C25H21N5O3. The third kappa shape index (κ3) is 5.13. The van der Waals surface area contributed by atoms with Crippen LogP contribution in [-0.4, -0.2) is 32.3 Å². The Morgan fingerprint density at radius 1 is 1.06 bits per heavy atom. The van der Waals surface area contributed by atoms with Crippen molar-refractivity contribution < 1.29 is 14.3 Å². The second-order valence-electron chi connectivity index (χ2n) is 6.85. The summed E-state index contributed by atoms with van der Waals surface area (Å²) in [4.78, 5) is 28.6. The fraction of sp³-hybridized carbons (Fsp3) is 0.0400. The summed E-state index contributed by atoms with van der Waals surface area (Å²) in [5.74, 6) is 0.950. The van der Waals surface area contributed by atoms with Gasteiger partial charge in [0.15, 0.2) is 5.82 Å². The van der Waals surface area contributed by atoms with Crippen LogP contribution < -0.4 is 15.2 Å². The van der Waals surface area contributed by atoms with Crippen LogP contribution in [-0.2, 0) is 0 Å². The van der Waals surface area contributed by atoms with Gasteiger partial charge in [0, 0.05) is 29.7 Å². The monoisotopic (exact) mass is 439 g/mol. The first-order valence-corrected chi connectivity index (χ1v) is 10.1. The van der Waals surface area contributed by atoms with Crippen molar-refractivity contribution >= 4 is 16.8 Å². The number of carbonyl (C=O) groups is 1. The van der Waals surface area contributed by atoms with E-state index in [4.69, 9.17) is 15.2 Å². The van der Waals surface area contributed by atoms with E-state index in [0.29, 0.717) is 11.3 Å². The number of H-pyrrole nitrogens is 1. The highest BCUT2D eigenvalue weighted by Crippen LogP contribution is 2.27. The molecule has 2 aromatic carbocycles. The number of aromatic amines is 1. The molecule has 0 amide bonds. The van der Waals surface area contributed by atoms with E-state index >= 15 is 0 Å². The fourth-order valence-corrected chi connectivity index (χ4v) is 2.96. The molecule has 0 atom stereocenters. The molecule has 0 saturated carbocycles. The number of ketones is 1. The molecule has 0 radical (unpaired) electrons. The molecule has 3 N–H and O–H groups in total. The van der Waals surface area contributed by atoms with Gasteiger partial charge in [-0.25, -0.2) is 15.0 Å². The molecule has 0 saturated heterocycles. The maximum Gasteiger partial charge on any atom is 0.283 e. The number of nitrogens with zero attached hydrogens (tertiary/aromatic N) is 3. The molecule has 8 nitrogen and oxygen atoms in total. The van der Waals surface area contributed by atoms with Crippen molar-refractivity contribution in [3.05, 3.63) is 109 Å². The third-order valence-electron chi connectivity index (χ3n) is 4.60. The first-order valence-electron chi connectivity index (χ1n) is 10.1. The number of nitrogens with two attached hydrogens (primary N) is 1. The number of allylic oxidation sites excluding steroid dienone is 2. The molecule has 33 heavy (non-hydrogen) atoms. The standard InChI is InChI=1S/C25H21N5O3/c1-2-3-6-17(15-26)16-32-24-25(28-14-13-27-24)33-19-11-9-18(10-12-19)22(31)23-29-20-7-4-5-8-21(20)30-23/h2-15H,1,16,26H2,(H,29,30)/b6-3-,17-15+. The number of nitrogens with one attached hydrogen (secondary N) is 1. The second kappa shape index (κ2) is 10.1. The molecule has 0 bridgehead atoms. The smallest absolute Gasteiger partial charge is 0.283 e. The Morgan fingerprint density at radius 2 is 1.82 bits per heavy atom. The van der Waals surface area contributed by atoms with Crippen molar-refractivity contribution in [2.45, 2.75) is 0 Å². The second-order valence-corrected chi connectivity index (χ2v) is 6.85. The molecule has 0 spiro atoms. The molecule has 0 aliphatic heterocycles. The molecule has 4 aromatic rings. The normalized spacial score (nSPS) is 11.6. The SMILES string of the molecule is C=C/C=C\C(=C/N)COc1nccnc1Oc1ccc(C(=O)c2nc3ccccc3[nH]2)cc1. The molecule has 164 valence electrons. The molecule has 4 rings (SSSR count). The number of hydrogen-bond acceptors (Lipinski definition) is 7. The lowest BCUT2D eigenvalue weighted by atomic mass is 10.1. The van der Waals surface area contributed by atoms with Gasteiger partial charge in [0.1, 0.15) is 12.4 Å². The van der Waals surface area contributed by atoms with Crippen LogP contribution in [0, 0.1) is 0 Å². The van der Waals surface area contributed by atoms with E-state index in [2.05, 4.69) is 26.5 Å². The summed E-state index contributed by atoms with van der Waals surface area (Å²) in [6.45, 7) is 3.81. The van der Waals surface area contributed by atoms with Gasteiger partial charge in [-0.2, -0.15) is 0 Å². The zero-order chi connectivity index (χ0) is 23.0. The minimum atomic E-state index is -0.213. The minimum Gasteiger partial charge on any atom is -0.469 e. The Kier molecular flexibility index (Phi) is 6.56. The Balaban J connectivity index is 1.46. The summed E-state index contributed by atoms with van der Waals surface area (Å²) in [5.41, 5.74) is 8.37. The fourth-order valence-electron chi connectivity index (χ4n) is 2.96. The van der Waals surface area contributed by atoms with Gasteiger partial charge in [-0.05, 0) is 36.4 Å². The molecule has 0 aliphatic carbocycles. The first kappa shape index (κ1) is 21.5. The van der Waals surface area contributed by atoms with Gasteiger partial charge in [0.2, 0.25) is 5.78 Å². The molecule has 0 fully saturated rings. The van der Waals surface area contributed by atoms with Crippen LogP contribution >= 0.6 is 0 Å². The number of para-hydroxylation sites is 2. The lowest BCUT2D eigenvalue weighted by molar-refractivity contribution is 0.103. The van der Waals surface area contributed by atoms with Gasteiger partial charge in [-0.1, -0.05) is 36.9 Å². The van der Waals surface area contributed by atoms with E-state index in [9.17, 15) is 4.79 Å². The van der Waals surface area contributed by atoms with Gasteiger partial charge in [0.25, 0.3) is 11.8 Å². The largest absolute Gasteiger partial charge is 0.469 e. The maximum absolute atomic E-state index is 12.8. The van der Waals surface area contributed by atoms with Gasteiger partial charge in [-0.3, -0.25) is 4.79 Å². The number of aromatic nitrogens is 4. The van der Waals surface area contributed by atoms with Crippen LogP contribution in [0.3, 0.4) is 0 Å². The van der Waals surface area contributed by atoms with Gasteiger partial charge < -0.3 is 20.2 Å². The van der Waals surface area contributed by atoms with Crippen molar-refractivity contribution in [2.75, 3.05) is 6.61 Å². The number of hydrogen-bond donors (Lipinski definition) is 2. The zero-order valence-electron chi connectivity index (χ0n) is 17.6. The highest BCUT2D eigenvalue weighted by molar-refractivity contribution is 6.08. The van der Waals surface area contributed by atoms with Crippen LogP contribution in [0.25, 0.3) is 11.0 Å². The van der Waals surface area contributed by atoms with Crippen LogP contribution in [0.15, 0.2) is 97.5 Å². The minimum absolute atomic E-state index is 0.181. The Morgan fingerprint density at radius 3 is 2.55 bits per heavy atom. The molecule has 8 heteroatoms.